The van der Waals surface area contributed by atoms with Gasteiger partial charge in [0.2, 0.25) is 5.91 Å². The fourth-order valence-electron chi connectivity index (χ4n) is 3.42. The lowest BCUT2D eigenvalue weighted by Gasteiger charge is -2.28. The van der Waals surface area contributed by atoms with Gasteiger partial charge >= 0.3 is 0 Å². The van der Waals surface area contributed by atoms with Gasteiger partial charge in [-0.3, -0.25) is 4.79 Å². The summed E-state index contributed by atoms with van der Waals surface area (Å²) in [5.41, 5.74) is 2.50. The van der Waals surface area contributed by atoms with E-state index in [4.69, 9.17) is 4.74 Å². The molecule has 1 saturated heterocycles. The Hall–Kier alpha value is -2.18. The minimum Gasteiger partial charge on any atom is -0.370 e. The van der Waals surface area contributed by atoms with E-state index >= 15 is 0 Å². The van der Waals surface area contributed by atoms with Crippen molar-refractivity contribution in [2.45, 2.75) is 33.4 Å². The molecule has 0 atom stereocenters. The maximum Gasteiger partial charge on any atom is 0.222 e. The number of quaternary nitrogens is 1. The van der Waals surface area contributed by atoms with E-state index in [9.17, 15) is 4.79 Å². The number of carbonyl (C=O) groups is 1. The van der Waals surface area contributed by atoms with E-state index in [-0.39, 0.29) is 5.91 Å². The number of hydrogen-bond acceptors (Lipinski definition) is 3. The van der Waals surface area contributed by atoms with Crippen LogP contribution in [0.4, 0.5) is 0 Å². The van der Waals surface area contributed by atoms with Gasteiger partial charge in [0.15, 0.2) is 0 Å². The van der Waals surface area contributed by atoms with E-state index in [0.717, 1.165) is 51.8 Å². The monoisotopic (exact) mass is 371 g/mol. The van der Waals surface area contributed by atoms with Crippen molar-refractivity contribution in [2.75, 3.05) is 39.4 Å². The predicted molar refractivity (Wildman–Crippen MR) is 105 cm³/mol. The number of carbonyl (C=O) groups excluding carboxylic acids is 1. The molecule has 0 bridgehead atoms. The van der Waals surface area contributed by atoms with Crippen molar-refractivity contribution in [3.63, 3.8) is 0 Å². The third-order valence-electron chi connectivity index (χ3n) is 5.20. The molecule has 0 saturated carbocycles. The Morgan fingerprint density at radius 2 is 2.00 bits per heavy atom. The van der Waals surface area contributed by atoms with E-state index in [1.54, 1.807) is 0 Å². The van der Waals surface area contributed by atoms with Crippen molar-refractivity contribution in [3.05, 3.63) is 53.6 Å². The first kappa shape index (κ1) is 19.6. The molecule has 1 aliphatic heterocycles. The number of rotatable bonds is 8. The van der Waals surface area contributed by atoms with E-state index in [1.165, 1.54) is 16.0 Å². The van der Waals surface area contributed by atoms with Crippen LogP contribution in [-0.2, 0) is 22.6 Å². The first-order valence-electron chi connectivity index (χ1n) is 9.90. The molecule has 1 N–H and O–H groups in total. The average Bonchev–Trinajstić information content (AvgIpc) is 3.13. The maximum absolute atomic E-state index is 12.5. The van der Waals surface area contributed by atoms with Gasteiger partial charge in [-0.25, -0.2) is 4.98 Å². The van der Waals surface area contributed by atoms with Crippen LogP contribution in [0.5, 0.6) is 0 Å². The minimum absolute atomic E-state index is 0.188. The quantitative estimate of drug-likeness (QED) is 0.750. The van der Waals surface area contributed by atoms with Crippen LogP contribution in [-0.4, -0.2) is 59.8 Å². The van der Waals surface area contributed by atoms with Gasteiger partial charge in [0.25, 0.3) is 0 Å². The lowest BCUT2D eigenvalue weighted by Crippen LogP contribution is -3.14. The van der Waals surface area contributed by atoms with Gasteiger partial charge in [0.05, 0.1) is 32.8 Å². The number of aryl methyl sites for hydroxylation is 1. The topological polar surface area (TPSA) is 51.8 Å². The van der Waals surface area contributed by atoms with Crippen molar-refractivity contribution >= 4 is 5.91 Å². The van der Waals surface area contributed by atoms with Crippen molar-refractivity contribution < 1.29 is 14.4 Å². The number of nitrogens with zero attached hydrogens (tertiary/aromatic N) is 3. The molecule has 3 rings (SSSR count). The molecule has 6 heteroatoms. The highest BCUT2D eigenvalue weighted by Crippen LogP contribution is 2.10. The van der Waals surface area contributed by atoms with Crippen LogP contribution in [0.3, 0.4) is 0 Å². The number of nitrogens with one attached hydrogen (secondary N) is 1. The number of hydrogen-bond donors (Lipinski definition) is 1. The highest BCUT2D eigenvalue weighted by molar-refractivity contribution is 5.75. The Labute approximate surface area is 161 Å². The molecule has 0 unspecified atom stereocenters. The maximum atomic E-state index is 12.5. The molecular formula is C21H31N4O2+. The van der Waals surface area contributed by atoms with Crippen LogP contribution in [0.1, 0.15) is 30.3 Å². The zero-order valence-electron chi connectivity index (χ0n) is 16.5. The standard InChI is InChI=1S/C21H30N4O2/c1-3-21(26)25(11-10-23-12-14-27-15-13-23)17-20-22-8-9-24(20)16-19-6-4-18(2)5-7-19/h4-9H,3,10-17H2,1-2H3/p+1. The van der Waals surface area contributed by atoms with E-state index in [2.05, 4.69) is 40.7 Å². The number of aromatic nitrogens is 2. The number of morpholine rings is 1. The zero-order chi connectivity index (χ0) is 19.1. The molecule has 1 aromatic heterocycles. The summed E-state index contributed by atoms with van der Waals surface area (Å²) in [6, 6.07) is 8.56. The lowest BCUT2D eigenvalue weighted by molar-refractivity contribution is -0.907. The second-order valence-electron chi connectivity index (χ2n) is 7.24. The number of ether oxygens (including phenoxy) is 1. The average molecular weight is 372 g/mol. The Bertz CT molecular complexity index is 720. The number of imidazole rings is 1. The summed E-state index contributed by atoms with van der Waals surface area (Å²) in [5.74, 6) is 1.13. The summed E-state index contributed by atoms with van der Waals surface area (Å²) < 4.78 is 7.57. The van der Waals surface area contributed by atoms with Gasteiger partial charge in [0.1, 0.15) is 18.9 Å². The Morgan fingerprint density at radius 1 is 1.26 bits per heavy atom. The fourth-order valence-corrected chi connectivity index (χ4v) is 3.42. The van der Waals surface area contributed by atoms with Crippen molar-refractivity contribution in [1.29, 1.82) is 0 Å². The van der Waals surface area contributed by atoms with E-state index in [0.29, 0.717) is 13.0 Å². The van der Waals surface area contributed by atoms with Crippen molar-refractivity contribution in [2.24, 2.45) is 0 Å². The molecule has 0 radical (unpaired) electrons. The number of benzene rings is 1. The van der Waals surface area contributed by atoms with E-state index in [1.807, 2.05) is 24.2 Å². The lowest BCUT2D eigenvalue weighted by atomic mass is 10.1. The van der Waals surface area contributed by atoms with E-state index < -0.39 is 0 Å². The van der Waals surface area contributed by atoms with Crippen LogP contribution in [0.15, 0.2) is 36.7 Å². The Kier molecular flexibility index (Phi) is 7.01. The van der Waals surface area contributed by atoms with Gasteiger partial charge < -0.3 is 19.1 Å². The second kappa shape index (κ2) is 9.67. The fraction of sp³-hybridized carbons (Fsp3) is 0.524. The van der Waals surface area contributed by atoms with Crippen LogP contribution in [0.2, 0.25) is 0 Å². The smallest absolute Gasteiger partial charge is 0.222 e. The molecule has 1 fully saturated rings. The second-order valence-corrected chi connectivity index (χ2v) is 7.24. The summed E-state index contributed by atoms with van der Waals surface area (Å²) in [6.45, 7) is 10.8. The molecule has 2 aromatic rings. The molecule has 0 spiro atoms. The predicted octanol–water partition coefficient (Wildman–Crippen LogP) is 0.894. The molecular weight excluding hydrogens is 340 g/mol. The van der Waals surface area contributed by atoms with Crippen molar-refractivity contribution in [1.82, 2.24) is 14.5 Å². The van der Waals surface area contributed by atoms with Gasteiger partial charge in [-0.2, -0.15) is 0 Å². The van der Waals surface area contributed by atoms with Gasteiger partial charge in [-0.1, -0.05) is 36.8 Å². The van der Waals surface area contributed by atoms with Gasteiger partial charge in [-0.15, -0.1) is 0 Å². The van der Waals surface area contributed by atoms with Crippen LogP contribution < -0.4 is 4.90 Å². The Morgan fingerprint density at radius 3 is 2.70 bits per heavy atom. The molecule has 2 heterocycles. The largest absolute Gasteiger partial charge is 0.370 e. The highest BCUT2D eigenvalue weighted by atomic mass is 16.5. The molecule has 0 aliphatic carbocycles. The first-order chi connectivity index (χ1) is 13.2. The third-order valence-corrected chi connectivity index (χ3v) is 5.20. The third kappa shape index (κ3) is 5.65. The normalized spacial score (nSPS) is 15.0. The molecule has 27 heavy (non-hydrogen) atoms. The summed E-state index contributed by atoms with van der Waals surface area (Å²) in [6.07, 6.45) is 4.35. The molecule has 1 aromatic carbocycles. The van der Waals surface area contributed by atoms with Gasteiger partial charge in [-0.05, 0) is 12.5 Å². The summed E-state index contributed by atoms with van der Waals surface area (Å²) in [5, 5.41) is 0. The molecule has 1 amide bonds. The van der Waals surface area contributed by atoms with Crippen molar-refractivity contribution in [3.8, 4) is 0 Å². The summed E-state index contributed by atoms with van der Waals surface area (Å²) in [7, 11) is 0. The van der Waals surface area contributed by atoms with Gasteiger partial charge in [0, 0.05) is 25.4 Å². The SMILES string of the molecule is CCC(=O)N(CC[NH+]1CCOCC1)Cc1nccn1Cc1ccc(C)cc1. The Balaban J connectivity index is 1.63. The molecule has 6 nitrogen and oxygen atoms in total. The van der Waals surface area contributed by atoms with Crippen LogP contribution in [0.25, 0.3) is 0 Å². The summed E-state index contributed by atoms with van der Waals surface area (Å²) in [4.78, 5) is 20.5. The first-order valence-corrected chi connectivity index (χ1v) is 9.90. The van der Waals surface area contributed by atoms with Crippen LogP contribution in [0, 0.1) is 6.92 Å². The van der Waals surface area contributed by atoms with Crippen LogP contribution >= 0.6 is 0 Å². The molecule has 1 aliphatic rings. The number of amides is 1. The highest BCUT2D eigenvalue weighted by Gasteiger charge is 2.19. The summed E-state index contributed by atoms with van der Waals surface area (Å²) >= 11 is 0. The minimum atomic E-state index is 0.188. The zero-order valence-corrected chi connectivity index (χ0v) is 16.5. The molecule has 146 valence electrons.